The number of imidazole rings is 1. The fourth-order valence-electron chi connectivity index (χ4n) is 14.5. The molecule has 0 radical (unpaired) electrons. The van der Waals surface area contributed by atoms with Gasteiger partial charge in [0.25, 0.3) is 0 Å². The van der Waals surface area contributed by atoms with Crippen LogP contribution in [0.2, 0.25) is 0 Å². The predicted molar refractivity (Wildman–Crippen MR) is 311 cm³/mol. The summed E-state index contributed by atoms with van der Waals surface area (Å²) >= 11 is 0. The van der Waals surface area contributed by atoms with Crippen LogP contribution in [0.25, 0.3) is 0 Å². The number of hydrogen-bond acceptors (Lipinski definition) is 21. The molecule has 5 aliphatic carbocycles. The first-order valence-corrected chi connectivity index (χ1v) is 30.5. The Hall–Kier alpha value is -8.39. The maximum absolute atomic E-state index is 16.5. The largest absolute Gasteiger partial charge is 0.481 e. The van der Waals surface area contributed by atoms with Crippen molar-refractivity contribution >= 4 is 65.2 Å². The number of aromatic nitrogens is 2. The number of nitrogens with one attached hydrogen (secondary N) is 2. The standard InChI is InChI=1S/C64H77N5O21/c1-34-43(86-60(80)52(88-58(78)40-24-16-17-25-40)50(38-18-10-8-11-19-38)67-56(76)42(26-27-48(73)74)66-47(72)28-29-68-32-46(69(82)83)65-35(68)2)31-64(81)55(89-59(79)41-20-12-9-13-21-41)53-62(7,54(75)51(85-36(3)70)49(34)61(64,5)6)44(87-57(77)39-22-14-15-23-39)30-45-63(53,33-84-45)90-37(4)71/h8-13,18-21,32,39-40,42-45,50-53,55,81H,14-17,22-31,33H2,1-7H3,(H,66,72)(H,67,76)(H,73,74)/t42-,43+,44+,45-,50+,51-,52-,53+,55+,62-,63+,64-/m1/s1. The summed E-state index contributed by atoms with van der Waals surface area (Å²) in [5, 5.41) is 40.9. The molecule has 4 saturated carbocycles. The number of carboxylic acids is 1. The lowest BCUT2D eigenvalue weighted by molar-refractivity contribution is -0.389. The molecule has 2 amide bonds. The Morgan fingerprint density at radius 3 is 2.01 bits per heavy atom. The van der Waals surface area contributed by atoms with Crippen molar-refractivity contribution in [2.24, 2.45) is 28.6 Å². The first kappa shape index (κ1) is 66.0. The number of nitro groups is 1. The van der Waals surface area contributed by atoms with E-state index in [1.165, 1.54) is 63.5 Å². The summed E-state index contributed by atoms with van der Waals surface area (Å²) in [6.07, 6.45) is -7.19. The van der Waals surface area contributed by atoms with Crippen molar-refractivity contribution in [2.75, 3.05) is 6.61 Å². The highest BCUT2D eigenvalue weighted by molar-refractivity contribution is 5.96. The number of esters is 6. The maximum atomic E-state index is 16.5. The minimum absolute atomic E-state index is 0.0102. The Morgan fingerprint density at radius 2 is 1.44 bits per heavy atom. The van der Waals surface area contributed by atoms with Gasteiger partial charge in [0.2, 0.25) is 23.7 Å². The lowest BCUT2D eigenvalue weighted by atomic mass is 9.44. The van der Waals surface area contributed by atoms with E-state index in [-0.39, 0.29) is 47.5 Å². The van der Waals surface area contributed by atoms with Crippen molar-refractivity contribution < 1.29 is 96.2 Å². The van der Waals surface area contributed by atoms with E-state index in [2.05, 4.69) is 15.6 Å². The number of nitrogens with zero attached hydrogens (tertiary/aromatic N) is 3. The van der Waals surface area contributed by atoms with Gasteiger partial charge in [-0.3, -0.25) is 38.4 Å². The number of amides is 2. The monoisotopic (exact) mass is 1250 g/mol. The average Bonchev–Trinajstić information content (AvgIpc) is 0.898. The molecule has 2 bridgehead atoms. The zero-order chi connectivity index (χ0) is 65.2. The zero-order valence-corrected chi connectivity index (χ0v) is 51.3. The second-order valence-electron chi connectivity index (χ2n) is 25.2. The minimum Gasteiger partial charge on any atom is -0.481 e. The highest BCUT2D eigenvalue weighted by atomic mass is 16.6. The van der Waals surface area contributed by atoms with Crippen LogP contribution >= 0.6 is 0 Å². The third kappa shape index (κ3) is 13.0. The molecular formula is C64H77N5O21. The second-order valence-corrected chi connectivity index (χ2v) is 25.2. The molecule has 1 aliphatic heterocycles. The summed E-state index contributed by atoms with van der Waals surface area (Å²) in [6, 6.07) is 12.1. The summed E-state index contributed by atoms with van der Waals surface area (Å²) in [7, 11) is 0. The molecule has 26 nitrogen and oxygen atoms in total. The number of aliphatic hydroxyl groups is 1. The number of Topliss-reactive ketones (excluding diaryl/α,β-unsaturated/α-hetero) is 1. The molecule has 12 atom stereocenters. The number of carbonyl (C=O) groups excluding carboxylic acids is 9. The molecule has 9 rings (SSSR count). The highest BCUT2D eigenvalue weighted by Crippen LogP contribution is 2.65. The number of carboxylic acid groups (broad SMARTS) is 1. The molecule has 0 spiro atoms. The third-order valence-corrected chi connectivity index (χ3v) is 19.3. The van der Waals surface area contributed by atoms with E-state index < -0.39 is 184 Å². The van der Waals surface area contributed by atoms with Gasteiger partial charge in [0, 0.05) is 58.4 Å². The van der Waals surface area contributed by atoms with Gasteiger partial charge >= 0.3 is 47.6 Å². The van der Waals surface area contributed by atoms with Crippen LogP contribution in [0.15, 0.2) is 78.0 Å². The second kappa shape index (κ2) is 26.6. The molecule has 1 aromatic heterocycles. The van der Waals surface area contributed by atoms with Crippen LogP contribution in [0.3, 0.4) is 0 Å². The third-order valence-electron chi connectivity index (χ3n) is 19.3. The summed E-state index contributed by atoms with van der Waals surface area (Å²) < 4.78 is 45.7. The number of rotatable bonds is 22. The first-order chi connectivity index (χ1) is 42.6. The molecule has 26 heteroatoms. The molecule has 4 N–H and O–H groups in total. The SMILES string of the molecule is CC(=O)O[C@H]1C(=O)[C@]2(C)[C@@H](OC(=O)C3CCCC3)C[C@H]3OC[C@@]3(OC(C)=O)[C@H]2[C@H](OC(=O)c2ccccc2)[C@]2(O)C[C@H](OC(=O)[C@H](OC(=O)C3CCCC3)[C@@H](NC(=O)[C@@H](CCC(=O)O)NC(=O)CCn3cc([N+](=O)[O-])nc3C)c3ccccc3)C(C)=C1C2(C)C. The molecule has 5 fully saturated rings. The van der Waals surface area contributed by atoms with Gasteiger partial charge in [-0.2, -0.15) is 0 Å². The van der Waals surface area contributed by atoms with Crippen LogP contribution < -0.4 is 10.6 Å². The van der Waals surface area contributed by atoms with Crippen molar-refractivity contribution in [2.45, 2.75) is 198 Å². The van der Waals surface area contributed by atoms with Crippen molar-refractivity contribution in [3.63, 3.8) is 0 Å². The lowest BCUT2D eigenvalue weighted by Gasteiger charge is -2.67. The molecule has 1 saturated heterocycles. The normalized spacial score (nSPS) is 27.9. The molecule has 2 aromatic carbocycles. The van der Waals surface area contributed by atoms with Crippen molar-refractivity contribution in [1.82, 2.24) is 20.2 Å². The van der Waals surface area contributed by atoms with Crippen molar-refractivity contribution in [1.29, 1.82) is 0 Å². The van der Waals surface area contributed by atoms with Gasteiger partial charge in [0.05, 0.1) is 35.3 Å². The molecule has 6 aliphatic rings. The summed E-state index contributed by atoms with van der Waals surface area (Å²) in [6.45, 7) is 9.07. The Labute approximate surface area is 518 Å². The van der Waals surface area contributed by atoms with E-state index in [4.69, 9.17) is 33.2 Å². The van der Waals surface area contributed by atoms with Gasteiger partial charge in [-0.15, -0.1) is 0 Å². The van der Waals surface area contributed by atoms with Crippen LogP contribution in [-0.4, -0.2) is 145 Å². The fourth-order valence-corrected chi connectivity index (χ4v) is 14.5. The number of aliphatic carboxylic acids is 1. The maximum Gasteiger partial charge on any atom is 0.381 e. The summed E-state index contributed by atoms with van der Waals surface area (Å²) in [5.74, 6) is -12.9. The van der Waals surface area contributed by atoms with E-state index in [1.807, 2.05) is 0 Å². The summed E-state index contributed by atoms with van der Waals surface area (Å²) in [5.41, 5.74) is -8.49. The number of benzene rings is 2. The molecule has 90 heavy (non-hydrogen) atoms. The van der Waals surface area contributed by atoms with E-state index in [0.29, 0.717) is 38.5 Å². The van der Waals surface area contributed by atoms with Gasteiger partial charge in [-0.25, -0.2) is 9.59 Å². The first-order valence-electron chi connectivity index (χ1n) is 30.5. The Bertz CT molecular complexity index is 3340. The average molecular weight is 1250 g/mol. The van der Waals surface area contributed by atoms with Crippen LogP contribution in [0.1, 0.15) is 153 Å². The van der Waals surface area contributed by atoms with Gasteiger partial charge < -0.3 is 68.7 Å². The van der Waals surface area contributed by atoms with E-state index in [1.54, 1.807) is 36.4 Å². The van der Waals surface area contributed by atoms with E-state index >= 15 is 9.59 Å². The Balaban J connectivity index is 1.16. The van der Waals surface area contributed by atoms with Gasteiger partial charge in [0.15, 0.2) is 17.5 Å². The predicted octanol–water partition coefficient (Wildman–Crippen LogP) is 5.76. The Morgan fingerprint density at radius 1 is 0.822 bits per heavy atom. The van der Waals surface area contributed by atoms with Crippen molar-refractivity contribution in [3.8, 4) is 0 Å². The van der Waals surface area contributed by atoms with Crippen LogP contribution in [0.4, 0.5) is 5.82 Å². The van der Waals surface area contributed by atoms with Gasteiger partial charge in [0.1, 0.15) is 48.3 Å². The van der Waals surface area contributed by atoms with Crippen LogP contribution in [0.5, 0.6) is 0 Å². The van der Waals surface area contributed by atoms with Crippen molar-refractivity contribution in [3.05, 3.63) is 105 Å². The molecule has 0 unspecified atom stereocenters. The topological polar surface area (TPSA) is 361 Å². The van der Waals surface area contributed by atoms with E-state index in [0.717, 1.165) is 32.9 Å². The quantitative estimate of drug-likeness (QED) is 0.0305. The van der Waals surface area contributed by atoms with Gasteiger partial charge in [-0.05, 0) is 84.7 Å². The fraction of sp³-hybridized carbons (Fsp3) is 0.578. The molecule has 2 heterocycles. The number of carbonyl (C=O) groups is 10. The molecule has 3 aromatic rings. The lowest BCUT2D eigenvalue weighted by Crippen LogP contribution is -2.82. The Kier molecular flexibility index (Phi) is 19.5. The van der Waals surface area contributed by atoms with Gasteiger partial charge in [-0.1, -0.05) is 88.1 Å². The number of fused-ring (bicyclic) bond motifs is 5. The number of ether oxygens (including phenoxy) is 7. The minimum atomic E-state index is -2.60. The zero-order valence-electron chi connectivity index (χ0n) is 51.3. The van der Waals surface area contributed by atoms with Crippen LogP contribution in [-0.2, 0) is 82.9 Å². The highest BCUT2D eigenvalue weighted by Gasteiger charge is 2.79. The van der Waals surface area contributed by atoms with E-state index in [9.17, 15) is 58.7 Å². The number of hydrogen-bond donors (Lipinski definition) is 4. The molecular weight excluding hydrogens is 1170 g/mol. The molecule has 484 valence electrons. The smallest absolute Gasteiger partial charge is 0.381 e. The number of ketones is 1. The number of aryl methyl sites for hydroxylation is 2. The summed E-state index contributed by atoms with van der Waals surface area (Å²) in [4.78, 5) is 158. The van der Waals surface area contributed by atoms with Crippen LogP contribution in [0, 0.1) is 45.6 Å².